The number of aryl methyl sites for hydroxylation is 1. The molecule has 2 aliphatic rings. The van der Waals surface area contributed by atoms with Crippen molar-refractivity contribution in [3.63, 3.8) is 0 Å². The minimum absolute atomic E-state index is 0. The number of piperidine rings is 1. The smallest absolute Gasteiger partial charge is 0.0963 e. The maximum Gasteiger partial charge on any atom is 0.0963 e. The lowest BCUT2D eigenvalue weighted by Crippen LogP contribution is -2.39. The number of benzene rings is 1. The van der Waals surface area contributed by atoms with Crippen LogP contribution in [0.25, 0.3) is 0 Å². The van der Waals surface area contributed by atoms with Crippen molar-refractivity contribution in [1.82, 2.24) is 5.32 Å². The summed E-state index contributed by atoms with van der Waals surface area (Å²) in [5.41, 5.74) is 4.29. The maximum absolute atomic E-state index is 6.09. The molecule has 0 saturated carbocycles. The van der Waals surface area contributed by atoms with Gasteiger partial charge in [-0.15, -0.1) is 12.4 Å². The molecular weight excluding hydrogens is 222 g/mol. The van der Waals surface area contributed by atoms with Crippen LogP contribution in [0.15, 0.2) is 18.2 Å². The standard InChI is InChI=1S/C13H17NO.ClH/c1-10-3-2-4-12-11(10)9-15-13(12)5-7-14-8-6-13;/h2-4,14H,5-9H2,1H3;1H. The van der Waals surface area contributed by atoms with Crippen molar-refractivity contribution in [3.8, 4) is 0 Å². The minimum atomic E-state index is 0. The Labute approximate surface area is 103 Å². The molecule has 1 aromatic rings. The first kappa shape index (κ1) is 11.9. The number of fused-ring (bicyclic) bond motifs is 2. The van der Waals surface area contributed by atoms with Crippen LogP contribution in [-0.2, 0) is 16.9 Å². The zero-order chi connectivity index (χ0) is 10.3. The van der Waals surface area contributed by atoms with Gasteiger partial charge >= 0.3 is 0 Å². The molecule has 3 rings (SSSR count). The van der Waals surface area contributed by atoms with E-state index in [0.717, 1.165) is 32.5 Å². The van der Waals surface area contributed by atoms with E-state index in [4.69, 9.17) is 4.74 Å². The molecule has 1 aromatic carbocycles. The van der Waals surface area contributed by atoms with Crippen LogP contribution in [-0.4, -0.2) is 13.1 Å². The minimum Gasteiger partial charge on any atom is -0.365 e. The molecule has 0 atom stereocenters. The molecule has 88 valence electrons. The van der Waals surface area contributed by atoms with Crippen LogP contribution < -0.4 is 5.32 Å². The average Bonchev–Trinajstić information content (AvgIpc) is 2.61. The second kappa shape index (κ2) is 4.36. The van der Waals surface area contributed by atoms with Crippen molar-refractivity contribution in [1.29, 1.82) is 0 Å². The molecule has 0 radical (unpaired) electrons. The van der Waals surface area contributed by atoms with Gasteiger partial charge in [-0.25, -0.2) is 0 Å². The quantitative estimate of drug-likeness (QED) is 0.751. The molecule has 1 N–H and O–H groups in total. The SMILES string of the molecule is Cc1cccc2c1COC21CCNCC1.Cl. The van der Waals surface area contributed by atoms with Gasteiger partial charge in [0.15, 0.2) is 0 Å². The molecule has 1 saturated heterocycles. The highest BCUT2D eigenvalue weighted by atomic mass is 35.5. The van der Waals surface area contributed by atoms with E-state index in [-0.39, 0.29) is 18.0 Å². The van der Waals surface area contributed by atoms with E-state index >= 15 is 0 Å². The fourth-order valence-electron chi connectivity index (χ4n) is 2.85. The van der Waals surface area contributed by atoms with Crippen LogP contribution in [0.1, 0.15) is 29.5 Å². The van der Waals surface area contributed by atoms with Gasteiger partial charge in [0.25, 0.3) is 0 Å². The summed E-state index contributed by atoms with van der Waals surface area (Å²) in [7, 11) is 0. The third kappa shape index (κ3) is 1.65. The normalized spacial score (nSPS) is 21.6. The summed E-state index contributed by atoms with van der Waals surface area (Å²) in [5, 5.41) is 3.40. The molecule has 2 heterocycles. The molecule has 0 aromatic heterocycles. The van der Waals surface area contributed by atoms with Crippen molar-refractivity contribution in [2.24, 2.45) is 0 Å². The third-order valence-corrected chi connectivity index (χ3v) is 3.81. The lowest BCUT2D eigenvalue weighted by molar-refractivity contribution is -0.0590. The summed E-state index contributed by atoms with van der Waals surface area (Å²) in [4.78, 5) is 0. The van der Waals surface area contributed by atoms with E-state index in [1.54, 1.807) is 0 Å². The lowest BCUT2D eigenvalue weighted by atomic mass is 9.83. The molecule has 0 bridgehead atoms. The Kier molecular flexibility index (Phi) is 3.24. The zero-order valence-electron chi connectivity index (χ0n) is 9.58. The topological polar surface area (TPSA) is 21.3 Å². The molecule has 3 heteroatoms. The largest absolute Gasteiger partial charge is 0.365 e. The Morgan fingerprint density at radius 2 is 2.00 bits per heavy atom. The molecule has 0 unspecified atom stereocenters. The molecule has 16 heavy (non-hydrogen) atoms. The molecule has 0 aliphatic carbocycles. The Balaban J connectivity index is 0.000000963. The highest BCUT2D eigenvalue weighted by molar-refractivity contribution is 5.85. The summed E-state index contributed by atoms with van der Waals surface area (Å²) < 4.78 is 6.09. The van der Waals surface area contributed by atoms with Gasteiger partial charge < -0.3 is 10.1 Å². The van der Waals surface area contributed by atoms with Gasteiger partial charge in [-0.2, -0.15) is 0 Å². The van der Waals surface area contributed by atoms with E-state index in [1.165, 1.54) is 16.7 Å². The lowest BCUT2D eigenvalue weighted by Gasteiger charge is -2.34. The van der Waals surface area contributed by atoms with E-state index in [9.17, 15) is 0 Å². The van der Waals surface area contributed by atoms with E-state index < -0.39 is 0 Å². The van der Waals surface area contributed by atoms with Crippen LogP contribution in [0.2, 0.25) is 0 Å². The number of ether oxygens (including phenoxy) is 1. The van der Waals surface area contributed by atoms with Gasteiger partial charge in [0.1, 0.15) is 0 Å². The van der Waals surface area contributed by atoms with Gasteiger partial charge in [-0.05, 0) is 49.5 Å². The number of halogens is 1. The first-order valence-electron chi connectivity index (χ1n) is 5.75. The summed E-state index contributed by atoms with van der Waals surface area (Å²) in [6, 6.07) is 6.59. The van der Waals surface area contributed by atoms with Crippen LogP contribution >= 0.6 is 12.4 Å². The molecule has 1 fully saturated rings. The Bertz CT molecular complexity index is 386. The Morgan fingerprint density at radius 1 is 1.25 bits per heavy atom. The maximum atomic E-state index is 6.09. The van der Waals surface area contributed by atoms with Crippen LogP contribution in [0, 0.1) is 6.92 Å². The van der Waals surface area contributed by atoms with Crippen LogP contribution in [0.5, 0.6) is 0 Å². The van der Waals surface area contributed by atoms with Crippen LogP contribution in [0.4, 0.5) is 0 Å². The van der Waals surface area contributed by atoms with E-state index in [1.807, 2.05) is 0 Å². The van der Waals surface area contributed by atoms with Crippen molar-refractivity contribution < 1.29 is 4.74 Å². The van der Waals surface area contributed by atoms with E-state index in [2.05, 4.69) is 30.4 Å². The summed E-state index contributed by atoms with van der Waals surface area (Å²) in [6.07, 6.45) is 2.23. The fourth-order valence-corrected chi connectivity index (χ4v) is 2.85. The van der Waals surface area contributed by atoms with E-state index in [0.29, 0.717) is 0 Å². The number of nitrogens with one attached hydrogen (secondary N) is 1. The van der Waals surface area contributed by atoms with Gasteiger partial charge in [0.05, 0.1) is 12.2 Å². The first-order chi connectivity index (χ1) is 7.32. The predicted molar refractivity (Wildman–Crippen MR) is 67.0 cm³/mol. The number of rotatable bonds is 0. The number of hydrogen-bond donors (Lipinski definition) is 1. The fraction of sp³-hybridized carbons (Fsp3) is 0.538. The monoisotopic (exact) mass is 239 g/mol. The molecular formula is C13H18ClNO. The zero-order valence-corrected chi connectivity index (χ0v) is 10.4. The molecule has 2 aliphatic heterocycles. The third-order valence-electron chi connectivity index (χ3n) is 3.81. The summed E-state index contributed by atoms with van der Waals surface area (Å²) >= 11 is 0. The highest BCUT2D eigenvalue weighted by Crippen LogP contribution is 2.43. The summed E-state index contributed by atoms with van der Waals surface area (Å²) in [5.74, 6) is 0. The molecule has 2 nitrogen and oxygen atoms in total. The van der Waals surface area contributed by atoms with Crippen LogP contribution in [0.3, 0.4) is 0 Å². The second-order valence-electron chi connectivity index (χ2n) is 4.63. The van der Waals surface area contributed by atoms with Crippen molar-refractivity contribution >= 4 is 12.4 Å². The first-order valence-corrected chi connectivity index (χ1v) is 5.75. The van der Waals surface area contributed by atoms with Crippen molar-refractivity contribution in [3.05, 3.63) is 34.9 Å². The van der Waals surface area contributed by atoms with Gasteiger partial charge in [-0.1, -0.05) is 18.2 Å². The average molecular weight is 240 g/mol. The second-order valence-corrected chi connectivity index (χ2v) is 4.63. The highest BCUT2D eigenvalue weighted by Gasteiger charge is 2.41. The summed E-state index contributed by atoms with van der Waals surface area (Å²) in [6.45, 7) is 5.14. The Morgan fingerprint density at radius 3 is 2.75 bits per heavy atom. The van der Waals surface area contributed by atoms with Crippen molar-refractivity contribution in [2.45, 2.75) is 32.0 Å². The predicted octanol–water partition coefficient (Wildman–Crippen LogP) is 2.53. The molecule has 1 spiro atoms. The van der Waals surface area contributed by atoms with Crippen molar-refractivity contribution in [2.75, 3.05) is 13.1 Å². The van der Waals surface area contributed by atoms with Gasteiger partial charge in [0.2, 0.25) is 0 Å². The van der Waals surface area contributed by atoms with Gasteiger partial charge in [-0.3, -0.25) is 0 Å². The Hall–Kier alpha value is -0.570. The number of hydrogen-bond acceptors (Lipinski definition) is 2. The molecule has 0 amide bonds. The van der Waals surface area contributed by atoms with Gasteiger partial charge in [0, 0.05) is 0 Å².